The first-order valence-corrected chi connectivity index (χ1v) is 8.02. The maximum Gasteiger partial charge on any atom is 0.0427 e. The Morgan fingerprint density at radius 2 is 1.85 bits per heavy atom. The molecule has 1 atom stereocenters. The molecule has 0 aliphatic carbocycles. The molecule has 0 bridgehead atoms. The SMILES string of the molecule is CCCCCN(CC(N)c1ccc(C)cc1C)C(C)C. The van der Waals surface area contributed by atoms with Gasteiger partial charge in [-0.1, -0.05) is 43.5 Å². The molecule has 0 saturated carbocycles. The van der Waals surface area contributed by atoms with Crippen molar-refractivity contribution in [3.8, 4) is 0 Å². The van der Waals surface area contributed by atoms with Gasteiger partial charge in [-0.05, 0) is 51.8 Å². The number of benzene rings is 1. The van der Waals surface area contributed by atoms with Crippen molar-refractivity contribution >= 4 is 0 Å². The molecule has 0 aromatic heterocycles. The smallest absolute Gasteiger partial charge is 0.0427 e. The van der Waals surface area contributed by atoms with E-state index in [2.05, 4.69) is 57.7 Å². The van der Waals surface area contributed by atoms with Crippen LogP contribution in [0.5, 0.6) is 0 Å². The van der Waals surface area contributed by atoms with Crippen molar-refractivity contribution in [1.29, 1.82) is 0 Å². The Labute approximate surface area is 125 Å². The number of unbranched alkanes of at least 4 members (excludes halogenated alkanes) is 2. The molecule has 0 aliphatic rings. The van der Waals surface area contributed by atoms with Gasteiger partial charge in [-0.2, -0.15) is 0 Å². The first-order chi connectivity index (χ1) is 9.45. The Kier molecular flexibility index (Phi) is 7.25. The van der Waals surface area contributed by atoms with Gasteiger partial charge in [0, 0.05) is 18.6 Å². The summed E-state index contributed by atoms with van der Waals surface area (Å²) in [4.78, 5) is 2.51. The summed E-state index contributed by atoms with van der Waals surface area (Å²) >= 11 is 0. The Bertz CT molecular complexity index is 398. The summed E-state index contributed by atoms with van der Waals surface area (Å²) in [5, 5.41) is 0. The topological polar surface area (TPSA) is 29.3 Å². The molecule has 2 N–H and O–H groups in total. The highest BCUT2D eigenvalue weighted by Crippen LogP contribution is 2.19. The fourth-order valence-electron chi connectivity index (χ4n) is 2.72. The summed E-state index contributed by atoms with van der Waals surface area (Å²) in [7, 11) is 0. The second-order valence-electron chi connectivity index (χ2n) is 6.26. The van der Waals surface area contributed by atoms with Crippen LogP contribution in [0.25, 0.3) is 0 Å². The van der Waals surface area contributed by atoms with E-state index >= 15 is 0 Å². The highest BCUT2D eigenvalue weighted by Gasteiger charge is 2.16. The molecule has 1 aromatic carbocycles. The molecule has 0 fully saturated rings. The van der Waals surface area contributed by atoms with Gasteiger partial charge >= 0.3 is 0 Å². The molecule has 0 radical (unpaired) electrons. The summed E-state index contributed by atoms with van der Waals surface area (Å²) in [5.41, 5.74) is 10.4. The predicted molar refractivity (Wildman–Crippen MR) is 89.1 cm³/mol. The normalized spacial score (nSPS) is 13.2. The lowest BCUT2D eigenvalue weighted by Gasteiger charge is -2.30. The van der Waals surface area contributed by atoms with Gasteiger partial charge in [-0.3, -0.25) is 4.90 Å². The van der Waals surface area contributed by atoms with Crippen molar-refractivity contribution in [2.24, 2.45) is 5.73 Å². The first kappa shape index (κ1) is 17.2. The van der Waals surface area contributed by atoms with Crippen LogP contribution < -0.4 is 5.73 Å². The maximum absolute atomic E-state index is 6.45. The molecule has 20 heavy (non-hydrogen) atoms. The van der Waals surface area contributed by atoms with Crippen LogP contribution in [0.2, 0.25) is 0 Å². The van der Waals surface area contributed by atoms with Crippen molar-refractivity contribution in [2.75, 3.05) is 13.1 Å². The number of nitrogens with two attached hydrogens (primary N) is 1. The Balaban J connectivity index is 2.67. The molecule has 1 rings (SSSR count). The van der Waals surface area contributed by atoms with E-state index in [9.17, 15) is 0 Å². The lowest BCUT2D eigenvalue weighted by molar-refractivity contribution is 0.204. The highest BCUT2D eigenvalue weighted by atomic mass is 15.2. The largest absolute Gasteiger partial charge is 0.323 e. The molecule has 0 heterocycles. The molecule has 114 valence electrons. The Hall–Kier alpha value is -0.860. The van der Waals surface area contributed by atoms with Gasteiger partial charge in [0.15, 0.2) is 0 Å². The summed E-state index contributed by atoms with van der Waals surface area (Å²) < 4.78 is 0. The summed E-state index contributed by atoms with van der Waals surface area (Å²) in [6.45, 7) is 13.2. The lowest BCUT2D eigenvalue weighted by atomic mass is 9.99. The minimum Gasteiger partial charge on any atom is -0.323 e. The predicted octanol–water partition coefficient (Wildman–Crippen LogP) is 4.20. The van der Waals surface area contributed by atoms with Gasteiger partial charge in [0.1, 0.15) is 0 Å². The number of hydrogen-bond acceptors (Lipinski definition) is 2. The van der Waals surface area contributed by atoms with Crippen molar-refractivity contribution < 1.29 is 0 Å². The quantitative estimate of drug-likeness (QED) is 0.721. The number of nitrogens with zero attached hydrogens (tertiary/aromatic N) is 1. The zero-order valence-corrected chi connectivity index (χ0v) is 13.9. The third-order valence-corrected chi connectivity index (χ3v) is 4.04. The van der Waals surface area contributed by atoms with Crippen LogP contribution in [-0.2, 0) is 0 Å². The van der Waals surface area contributed by atoms with E-state index in [0.29, 0.717) is 6.04 Å². The van der Waals surface area contributed by atoms with Crippen LogP contribution in [0.3, 0.4) is 0 Å². The third kappa shape index (κ3) is 5.26. The van der Waals surface area contributed by atoms with Crippen LogP contribution in [-0.4, -0.2) is 24.0 Å². The van der Waals surface area contributed by atoms with Crippen LogP contribution in [0.1, 0.15) is 62.8 Å². The minimum absolute atomic E-state index is 0.111. The maximum atomic E-state index is 6.45. The van der Waals surface area contributed by atoms with Gasteiger partial charge in [-0.25, -0.2) is 0 Å². The van der Waals surface area contributed by atoms with Crippen molar-refractivity contribution in [3.63, 3.8) is 0 Å². The van der Waals surface area contributed by atoms with E-state index in [-0.39, 0.29) is 6.04 Å². The van der Waals surface area contributed by atoms with E-state index in [1.54, 1.807) is 0 Å². The standard InChI is InChI=1S/C18H32N2/c1-6-7-8-11-20(14(2)3)13-18(19)17-10-9-15(4)12-16(17)5/h9-10,12,14,18H,6-8,11,13,19H2,1-5H3. The zero-order chi connectivity index (χ0) is 15.1. The molecule has 1 unspecified atom stereocenters. The molecule has 0 amide bonds. The van der Waals surface area contributed by atoms with Gasteiger partial charge in [-0.15, -0.1) is 0 Å². The molecule has 0 spiro atoms. The molecule has 0 saturated heterocycles. The fraction of sp³-hybridized carbons (Fsp3) is 0.667. The van der Waals surface area contributed by atoms with Crippen molar-refractivity contribution in [3.05, 3.63) is 34.9 Å². The number of aryl methyl sites for hydroxylation is 2. The van der Waals surface area contributed by atoms with Crippen molar-refractivity contribution in [1.82, 2.24) is 4.90 Å². The van der Waals surface area contributed by atoms with Crippen LogP contribution in [0.15, 0.2) is 18.2 Å². The molecule has 2 nitrogen and oxygen atoms in total. The van der Waals surface area contributed by atoms with E-state index in [4.69, 9.17) is 5.73 Å². The van der Waals surface area contributed by atoms with E-state index in [1.165, 1.54) is 36.0 Å². The van der Waals surface area contributed by atoms with Gasteiger partial charge < -0.3 is 5.73 Å². The second kappa shape index (κ2) is 8.43. The van der Waals surface area contributed by atoms with Crippen LogP contribution in [0, 0.1) is 13.8 Å². The minimum atomic E-state index is 0.111. The molecular formula is C18H32N2. The van der Waals surface area contributed by atoms with Gasteiger partial charge in [0.25, 0.3) is 0 Å². The second-order valence-corrected chi connectivity index (χ2v) is 6.26. The van der Waals surface area contributed by atoms with E-state index in [1.807, 2.05) is 0 Å². The van der Waals surface area contributed by atoms with Gasteiger partial charge in [0.05, 0.1) is 0 Å². The summed E-state index contributed by atoms with van der Waals surface area (Å²) in [6, 6.07) is 7.26. The van der Waals surface area contributed by atoms with Crippen LogP contribution >= 0.6 is 0 Å². The summed E-state index contributed by atoms with van der Waals surface area (Å²) in [5.74, 6) is 0. The Morgan fingerprint density at radius 1 is 1.15 bits per heavy atom. The number of hydrogen-bond donors (Lipinski definition) is 1. The van der Waals surface area contributed by atoms with Crippen LogP contribution in [0.4, 0.5) is 0 Å². The molecule has 1 aromatic rings. The summed E-state index contributed by atoms with van der Waals surface area (Å²) in [6.07, 6.45) is 3.85. The molecule has 0 aliphatic heterocycles. The van der Waals surface area contributed by atoms with Gasteiger partial charge in [0.2, 0.25) is 0 Å². The molecular weight excluding hydrogens is 244 g/mol. The van der Waals surface area contributed by atoms with E-state index in [0.717, 1.165) is 13.1 Å². The molecule has 2 heteroatoms. The lowest BCUT2D eigenvalue weighted by Crippen LogP contribution is -2.38. The monoisotopic (exact) mass is 276 g/mol. The fourth-order valence-corrected chi connectivity index (χ4v) is 2.72. The Morgan fingerprint density at radius 3 is 2.40 bits per heavy atom. The van der Waals surface area contributed by atoms with Crippen molar-refractivity contribution in [2.45, 2.75) is 66.0 Å². The number of rotatable bonds is 8. The average Bonchev–Trinajstić information content (AvgIpc) is 2.37. The average molecular weight is 276 g/mol. The highest BCUT2D eigenvalue weighted by molar-refractivity contribution is 5.32. The third-order valence-electron chi connectivity index (χ3n) is 4.04. The first-order valence-electron chi connectivity index (χ1n) is 8.02. The zero-order valence-electron chi connectivity index (χ0n) is 13.9. The van der Waals surface area contributed by atoms with E-state index < -0.39 is 0 Å².